The van der Waals surface area contributed by atoms with Crippen LogP contribution in [-0.2, 0) is 13.0 Å². The van der Waals surface area contributed by atoms with Crippen molar-refractivity contribution < 1.29 is 19.1 Å². The van der Waals surface area contributed by atoms with Crippen LogP contribution in [0.2, 0.25) is 0 Å². The second-order valence-electron chi connectivity index (χ2n) is 12.0. The summed E-state index contributed by atoms with van der Waals surface area (Å²) in [5, 5.41) is 20.7. The molecule has 0 saturated carbocycles. The quantitative estimate of drug-likeness (QED) is 0.121. The number of aliphatic hydroxyl groups is 1. The van der Waals surface area contributed by atoms with Crippen molar-refractivity contribution in [2.75, 3.05) is 6.54 Å². The number of amides is 2. The summed E-state index contributed by atoms with van der Waals surface area (Å²) in [6.45, 7) is 6.91. The van der Waals surface area contributed by atoms with Gasteiger partial charge in [-0.05, 0) is 59.7 Å². The van der Waals surface area contributed by atoms with Crippen molar-refractivity contribution in [2.45, 2.75) is 57.8 Å². The van der Waals surface area contributed by atoms with Gasteiger partial charge in [-0.1, -0.05) is 80.6 Å². The van der Waals surface area contributed by atoms with Crippen molar-refractivity contribution in [3.05, 3.63) is 143 Å². The molecular weight excluding hydrogens is 590 g/mol. The fourth-order valence-corrected chi connectivity index (χ4v) is 5.31. The van der Waals surface area contributed by atoms with Crippen molar-refractivity contribution in [3.63, 3.8) is 0 Å². The molecule has 5 aromatic rings. The normalized spacial score (nSPS) is 13.1. The first-order valence-electron chi connectivity index (χ1n) is 15.8. The van der Waals surface area contributed by atoms with Gasteiger partial charge in [0.15, 0.2) is 0 Å². The summed E-state index contributed by atoms with van der Waals surface area (Å²) in [4.78, 5) is 35.9. The number of rotatable bonds is 14. The molecule has 0 radical (unpaired) electrons. The van der Waals surface area contributed by atoms with Crippen LogP contribution in [0, 0.1) is 0 Å². The van der Waals surface area contributed by atoms with Crippen LogP contribution in [-0.4, -0.2) is 45.6 Å². The van der Waals surface area contributed by atoms with Crippen LogP contribution in [0.1, 0.15) is 75.7 Å². The van der Waals surface area contributed by atoms with Crippen LogP contribution in [0.3, 0.4) is 0 Å². The molecule has 2 heterocycles. The smallest absolute Gasteiger partial charge is 0.251 e. The molecule has 242 valence electrons. The summed E-state index contributed by atoms with van der Waals surface area (Å²) in [6, 6.07) is 25.4. The molecule has 0 aliphatic heterocycles. The van der Waals surface area contributed by atoms with E-state index in [-0.39, 0.29) is 35.5 Å². The van der Waals surface area contributed by atoms with E-state index in [1.165, 1.54) is 12.5 Å². The van der Waals surface area contributed by atoms with E-state index in [1.807, 2.05) is 80.0 Å². The lowest BCUT2D eigenvalue weighted by Crippen LogP contribution is -2.48. The Kier molecular flexibility index (Phi) is 11.3. The van der Waals surface area contributed by atoms with E-state index in [4.69, 9.17) is 4.42 Å². The van der Waals surface area contributed by atoms with E-state index in [0.717, 1.165) is 22.3 Å². The van der Waals surface area contributed by atoms with E-state index in [1.54, 1.807) is 18.2 Å². The summed E-state index contributed by atoms with van der Waals surface area (Å²) in [7, 11) is 0. The zero-order valence-electron chi connectivity index (χ0n) is 26.9. The zero-order valence-corrected chi connectivity index (χ0v) is 26.9. The highest BCUT2D eigenvalue weighted by molar-refractivity contribution is 6.01. The maximum absolute atomic E-state index is 13.9. The van der Waals surface area contributed by atoms with Crippen molar-refractivity contribution in [2.24, 2.45) is 0 Å². The molecule has 0 spiro atoms. The number of carbonyl (C=O) groups excluding carboxylic acids is 2. The topological polar surface area (TPSA) is 129 Å². The third-order valence-electron chi connectivity index (χ3n) is 8.03. The second kappa shape index (κ2) is 15.9. The van der Waals surface area contributed by atoms with Crippen molar-refractivity contribution >= 4 is 11.8 Å². The van der Waals surface area contributed by atoms with Crippen LogP contribution >= 0.6 is 0 Å². The monoisotopic (exact) mass is 631 g/mol. The molecule has 47 heavy (non-hydrogen) atoms. The average molecular weight is 632 g/mol. The standard InChI is InChI=1S/C38H41N5O4/c1-25(2)33-16-28(21-39-23-33)22-40-24-35(44)34(17-27-10-6-4-7-11-27)43-37(46)31-18-30(19-32(20-31)38-41-14-15-47-38)36(45)42-26(3)29-12-8-5-9-13-29/h4-16,18-21,23,25-26,34-35,40,44H,17,22,24H2,1-3H3,(H,42,45)(H,43,46)/t26-,34+,35-/m1/s1. The van der Waals surface area contributed by atoms with Crippen LogP contribution in [0.15, 0.2) is 114 Å². The van der Waals surface area contributed by atoms with Gasteiger partial charge in [0.1, 0.15) is 6.26 Å². The van der Waals surface area contributed by atoms with Crippen molar-refractivity contribution in [1.29, 1.82) is 0 Å². The average Bonchev–Trinajstić information content (AvgIpc) is 3.64. The molecule has 3 aromatic carbocycles. The summed E-state index contributed by atoms with van der Waals surface area (Å²) in [6.07, 6.45) is 6.11. The predicted molar refractivity (Wildman–Crippen MR) is 182 cm³/mol. The number of nitrogens with one attached hydrogen (secondary N) is 3. The fourth-order valence-electron chi connectivity index (χ4n) is 5.31. The molecule has 4 N–H and O–H groups in total. The summed E-state index contributed by atoms with van der Waals surface area (Å²) in [5.41, 5.74) is 5.10. The van der Waals surface area contributed by atoms with Gasteiger partial charge in [-0.15, -0.1) is 0 Å². The number of hydrogen-bond acceptors (Lipinski definition) is 7. The van der Waals surface area contributed by atoms with E-state index < -0.39 is 18.1 Å². The Morgan fingerprint density at radius 1 is 0.809 bits per heavy atom. The van der Waals surface area contributed by atoms with Crippen LogP contribution < -0.4 is 16.0 Å². The Hall–Kier alpha value is -5.12. The van der Waals surface area contributed by atoms with Gasteiger partial charge in [0.2, 0.25) is 5.89 Å². The molecule has 2 aromatic heterocycles. The number of pyridine rings is 1. The van der Waals surface area contributed by atoms with Crippen LogP contribution in [0.5, 0.6) is 0 Å². The number of aliphatic hydroxyl groups excluding tert-OH is 1. The van der Waals surface area contributed by atoms with Gasteiger partial charge in [0, 0.05) is 42.2 Å². The van der Waals surface area contributed by atoms with Crippen molar-refractivity contribution in [1.82, 2.24) is 25.9 Å². The summed E-state index contributed by atoms with van der Waals surface area (Å²) < 4.78 is 5.51. The van der Waals surface area contributed by atoms with Gasteiger partial charge < -0.3 is 25.5 Å². The minimum atomic E-state index is -0.912. The third-order valence-corrected chi connectivity index (χ3v) is 8.03. The van der Waals surface area contributed by atoms with Gasteiger partial charge in [0.05, 0.1) is 24.4 Å². The number of carbonyl (C=O) groups is 2. The largest absolute Gasteiger partial charge is 0.445 e. The highest BCUT2D eigenvalue weighted by atomic mass is 16.3. The second-order valence-corrected chi connectivity index (χ2v) is 12.0. The van der Waals surface area contributed by atoms with Gasteiger partial charge in [-0.25, -0.2) is 4.98 Å². The first kappa shape index (κ1) is 33.2. The zero-order chi connectivity index (χ0) is 33.2. The molecule has 0 bridgehead atoms. The Bertz CT molecular complexity index is 1740. The molecule has 9 heteroatoms. The SMILES string of the molecule is CC(C)c1cncc(CNC[C@@H](O)[C@H](Cc2ccccc2)NC(=O)c2cc(C(=O)N[C@H](C)c3ccccc3)cc(-c3ncco3)c2)c1. The molecule has 9 nitrogen and oxygen atoms in total. The van der Waals surface area contributed by atoms with E-state index in [9.17, 15) is 14.7 Å². The molecule has 2 amide bonds. The molecule has 0 aliphatic rings. The van der Waals surface area contributed by atoms with Crippen LogP contribution in [0.4, 0.5) is 0 Å². The molecule has 5 rings (SSSR count). The fraction of sp³-hybridized carbons (Fsp3) is 0.263. The number of hydrogen-bond donors (Lipinski definition) is 4. The number of nitrogens with zero attached hydrogens (tertiary/aromatic N) is 2. The molecule has 0 aliphatic carbocycles. The number of aromatic nitrogens is 2. The van der Waals surface area contributed by atoms with Crippen molar-refractivity contribution in [3.8, 4) is 11.5 Å². The minimum absolute atomic E-state index is 0.241. The molecule has 0 fully saturated rings. The highest BCUT2D eigenvalue weighted by Gasteiger charge is 2.24. The van der Waals surface area contributed by atoms with Gasteiger partial charge in [-0.2, -0.15) is 0 Å². The van der Waals surface area contributed by atoms with E-state index in [2.05, 4.69) is 45.8 Å². The Labute approximate surface area is 275 Å². The molecule has 3 atom stereocenters. The highest BCUT2D eigenvalue weighted by Crippen LogP contribution is 2.23. The first-order chi connectivity index (χ1) is 22.8. The van der Waals surface area contributed by atoms with Gasteiger partial charge >= 0.3 is 0 Å². The third kappa shape index (κ3) is 9.22. The lowest BCUT2D eigenvalue weighted by Gasteiger charge is -2.25. The van der Waals surface area contributed by atoms with Gasteiger partial charge in [0.25, 0.3) is 11.8 Å². The summed E-state index contributed by atoms with van der Waals surface area (Å²) >= 11 is 0. The van der Waals surface area contributed by atoms with Gasteiger partial charge in [-0.3, -0.25) is 14.6 Å². The lowest BCUT2D eigenvalue weighted by atomic mass is 9.99. The van der Waals surface area contributed by atoms with E-state index >= 15 is 0 Å². The predicted octanol–water partition coefficient (Wildman–Crippen LogP) is 5.84. The van der Waals surface area contributed by atoms with Crippen LogP contribution in [0.25, 0.3) is 11.5 Å². The summed E-state index contributed by atoms with van der Waals surface area (Å²) in [5.74, 6) is -0.132. The Morgan fingerprint density at radius 3 is 2.15 bits per heavy atom. The number of benzene rings is 3. The molecule has 0 unspecified atom stereocenters. The first-order valence-corrected chi connectivity index (χ1v) is 15.8. The maximum atomic E-state index is 13.9. The number of oxazole rings is 1. The molecule has 0 saturated heterocycles. The maximum Gasteiger partial charge on any atom is 0.251 e. The Balaban J connectivity index is 1.35. The Morgan fingerprint density at radius 2 is 1.49 bits per heavy atom. The minimum Gasteiger partial charge on any atom is -0.445 e. The lowest BCUT2D eigenvalue weighted by molar-refractivity contribution is 0.0830. The van der Waals surface area contributed by atoms with E-state index in [0.29, 0.717) is 24.4 Å². The molecular formula is C38H41N5O4.